The van der Waals surface area contributed by atoms with Crippen LogP contribution in [0.5, 0.6) is 0 Å². The predicted octanol–water partition coefficient (Wildman–Crippen LogP) is 5.21. The quantitative estimate of drug-likeness (QED) is 0.630. The van der Waals surface area contributed by atoms with Crippen molar-refractivity contribution in [2.75, 3.05) is 11.9 Å². The number of carbonyl (C=O) groups is 2. The lowest BCUT2D eigenvalue weighted by Gasteiger charge is -2.59. The first kappa shape index (κ1) is 20.1. The van der Waals surface area contributed by atoms with Crippen molar-refractivity contribution in [1.82, 2.24) is 0 Å². The molecule has 1 aromatic carbocycles. The molecule has 0 unspecified atom stereocenters. The van der Waals surface area contributed by atoms with Gasteiger partial charge in [-0.2, -0.15) is 0 Å². The molecule has 4 aliphatic rings. The average molecular weight is 410 g/mol. The molecule has 4 nitrogen and oxygen atoms in total. The van der Waals surface area contributed by atoms with Gasteiger partial charge in [0.2, 0.25) is 5.91 Å². The Hall–Kier alpha value is -1.84. The number of carbonyl (C=O) groups excluding carboxylic acids is 2. The van der Waals surface area contributed by atoms with Crippen LogP contribution in [0, 0.1) is 34.5 Å². The van der Waals surface area contributed by atoms with Gasteiger partial charge in [-0.05, 0) is 80.2 Å². The molecule has 30 heavy (non-hydrogen) atoms. The van der Waals surface area contributed by atoms with Crippen molar-refractivity contribution in [2.45, 2.75) is 71.3 Å². The summed E-state index contributed by atoms with van der Waals surface area (Å²) in [6.45, 7) is 4.78. The number of hydrogen-bond donors (Lipinski definition) is 0. The van der Waals surface area contributed by atoms with Gasteiger partial charge in [0, 0.05) is 30.5 Å². The maximum atomic E-state index is 13.6. The first-order chi connectivity index (χ1) is 14.3. The van der Waals surface area contributed by atoms with E-state index in [1.807, 2.05) is 42.3 Å². The minimum atomic E-state index is -0.00736. The van der Waals surface area contributed by atoms with Crippen molar-refractivity contribution in [1.29, 1.82) is 0 Å². The molecule has 1 saturated heterocycles. The van der Waals surface area contributed by atoms with Crippen molar-refractivity contribution >= 4 is 17.6 Å². The van der Waals surface area contributed by atoms with E-state index in [0.717, 1.165) is 44.2 Å². The van der Waals surface area contributed by atoms with Crippen molar-refractivity contribution in [3.63, 3.8) is 0 Å². The molecule has 1 aromatic rings. The van der Waals surface area contributed by atoms with Crippen molar-refractivity contribution < 1.29 is 14.3 Å². The fourth-order valence-corrected chi connectivity index (χ4v) is 7.97. The van der Waals surface area contributed by atoms with Gasteiger partial charge in [-0.15, -0.1) is 0 Å². The number of amides is 1. The van der Waals surface area contributed by atoms with Crippen LogP contribution >= 0.6 is 0 Å². The molecule has 4 heteroatoms. The summed E-state index contributed by atoms with van der Waals surface area (Å²) >= 11 is 0. The molecule has 7 atom stereocenters. The number of fused-ring (bicyclic) bond motifs is 5. The number of anilines is 1. The standard InChI is InChI=1S/C26H35NO3/c1-25-15-13-20-18(9-12-22-26(20,2)16-14-23(28)30-22)19(25)10-11-21(25)24(29)27(3)17-7-5-4-6-8-17/h4-8,18-22H,9-16H2,1-3H3/t18-,19-,20-,21+,22+,25-,26+/m0/s1. The van der Waals surface area contributed by atoms with Gasteiger partial charge in [-0.3, -0.25) is 9.59 Å². The Morgan fingerprint density at radius 2 is 1.70 bits per heavy atom. The van der Waals surface area contributed by atoms with E-state index in [0.29, 0.717) is 24.2 Å². The molecule has 0 N–H and O–H groups in total. The predicted molar refractivity (Wildman–Crippen MR) is 117 cm³/mol. The average Bonchev–Trinajstić information content (AvgIpc) is 3.11. The van der Waals surface area contributed by atoms with Gasteiger partial charge in [-0.25, -0.2) is 0 Å². The first-order valence-corrected chi connectivity index (χ1v) is 11.9. The molecule has 1 heterocycles. The SMILES string of the molecule is CN(C(=O)[C@H]1CC[C@H]2[C@@H]3CC[C@H]4OC(=O)CC[C@]4(C)[C@H]3CC[C@]12C)c1ccccc1. The summed E-state index contributed by atoms with van der Waals surface area (Å²) in [5.41, 5.74) is 1.21. The summed E-state index contributed by atoms with van der Waals surface area (Å²) in [4.78, 5) is 27.3. The van der Waals surface area contributed by atoms with Crippen LogP contribution in [0.3, 0.4) is 0 Å². The minimum absolute atomic E-state index is 0.00736. The lowest BCUT2D eigenvalue weighted by molar-refractivity contribution is -0.192. The molecule has 0 bridgehead atoms. The van der Waals surface area contributed by atoms with E-state index >= 15 is 0 Å². The van der Waals surface area contributed by atoms with E-state index in [4.69, 9.17) is 4.74 Å². The number of benzene rings is 1. The molecule has 1 amide bonds. The number of hydrogen-bond acceptors (Lipinski definition) is 3. The molecule has 3 saturated carbocycles. The molecule has 1 aliphatic heterocycles. The largest absolute Gasteiger partial charge is 0.462 e. The lowest BCUT2D eigenvalue weighted by atomic mass is 9.47. The number of rotatable bonds is 2. The maximum absolute atomic E-state index is 13.6. The molecule has 5 rings (SSSR count). The smallest absolute Gasteiger partial charge is 0.306 e. The van der Waals surface area contributed by atoms with Gasteiger partial charge >= 0.3 is 5.97 Å². The summed E-state index contributed by atoms with van der Waals surface area (Å²) in [7, 11) is 1.93. The van der Waals surface area contributed by atoms with Gasteiger partial charge in [0.25, 0.3) is 0 Å². The summed E-state index contributed by atoms with van der Waals surface area (Å²) in [6.07, 6.45) is 8.25. The van der Waals surface area contributed by atoms with E-state index in [1.165, 1.54) is 6.42 Å². The molecule has 3 aliphatic carbocycles. The molecule has 0 radical (unpaired) electrons. The number of nitrogens with zero attached hydrogens (tertiary/aromatic N) is 1. The first-order valence-electron chi connectivity index (χ1n) is 11.9. The van der Waals surface area contributed by atoms with Crippen molar-refractivity contribution in [3.05, 3.63) is 30.3 Å². The minimum Gasteiger partial charge on any atom is -0.462 e. The third-order valence-electron chi connectivity index (χ3n) is 9.70. The van der Waals surface area contributed by atoms with Crippen molar-refractivity contribution in [2.24, 2.45) is 34.5 Å². The van der Waals surface area contributed by atoms with Crippen LogP contribution < -0.4 is 4.90 Å². The third-order valence-corrected chi connectivity index (χ3v) is 9.70. The highest BCUT2D eigenvalue weighted by molar-refractivity contribution is 5.95. The van der Waals surface area contributed by atoms with Gasteiger partial charge < -0.3 is 9.64 Å². The molecular formula is C26H35NO3. The number of esters is 1. The fraction of sp³-hybridized carbons (Fsp3) is 0.692. The van der Waals surface area contributed by atoms with E-state index in [1.54, 1.807) is 0 Å². The van der Waals surface area contributed by atoms with Crippen LogP contribution in [-0.4, -0.2) is 25.0 Å². The third kappa shape index (κ3) is 2.85. The molecule has 162 valence electrons. The molecule has 0 aromatic heterocycles. The summed E-state index contributed by atoms with van der Waals surface area (Å²) in [6, 6.07) is 10.0. The zero-order valence-electron chi connectivity index (χ0n) is 18.6. The van der Waals surface area contributed by atoms with Crippen molar-refractivity contribution in [3.8, 4) is 0 Å². The Morgan fingerprint density at radius 3 is 2.47 bits per heavy atom. The van der Waals surface area contributed by atoms with E-state index in [9.17, 15) is 9.59 Å². The topological polar surface area (TPSA) is 46.6 Å². The monoisotopic (exact) mass is 409 g/mol. The maximum Gasteiger partial charge on any atom is 0.306 e. The van der Waals surface area contributed by atoms with Crippen LogP contribution in [-0.2, 0) is 14.3 Å². The summed E-state index contributed by atoms with van der Waals surface area (Å²) < 4.78 is 5.82. The van der Waals surface area contributed by atoms with Crippen LogP contribution in [0.4, 0.5) is 5.69 Å². The highest BCUT2D eigenvalue weighted by Crippen LogP contribution is 2.66. The lowest BCUT2D eigenvalue weighted by Crippen LogP contribution is -2.57. The Kier molecular flexibility index (Phi) is 4.75. The molecule has 0 spiro atoms. The highest BCUT2D eigenvalue weighted by Gasteiger charge is 2.62. The second-order valence-corrected chi connectivity index (χ2v) is 10.8. The van der Waals surface area contributed by atoms with E-state index < -0.39 is 0 Å². The zero-order valence-corrected chi connectivity index (χ0v) is 18.6. The molecular weight excluding hydrogens is 374 g/mol. The van der Waals surface area contributed by atoms with Crippen LogP contribution in [0.15, 0.2) is 30.3 Å². The summed E-state index contributed by atoms with van der Waals surface area (Å²) in [5.74, 6) is 2.31. The second-order valence-electron chi connectivity index (χ2n) is 10.8. The van der Waals surface area contributed by atoms with E-state index in [-0.39, 0.29) is 34.7 Å². The van der Waals surface area contributed by atoms with Gasteiger partial charge in [0.1, 0.15) is 6.10 Å². The van der Waals surface area contributed by atoms with E-state index in [2.05, 4.69) is 13.8 Å². The Morgan fingerprint density at radius 1 is 0.967 bits per heavy atom. The van der Waals surface area contributed by atoms with Gasteiger partial charge in [0.05, 0.1) is 0 Å². The number of ether oxygens (including phenoxy) is 1. The second kappa shape index (κ2) is 7.10. The number of para-hydroxylation sites is 1. The Bertz CT molecular complexity index is 838. The van der Waals surface area contributed by atoms with Crippen LogP contribution in [0.25, 0.3) is 0 Å². The molecule has 4 fully saturated rings. The Balaban J connectivity index is 1.38. The zero-order chi connectivity index (χ0) is 21.1. The highest BCUT2D eigenvalue weighted by atomic mass is 16.5. The normalized spacial score (nSPS) is 42.5. The van der Waals surface area contributed by atoms with Gasteiger partial charge in [-0.1, -0.05) is 32.0 Å². The summed E-state index contributed by atoms with van der Waals surface area (Å²) in [5, 5.41) is 0. The van der Waals surface area contributed by atoms with Crippen LogP contribution in [0.2, 0.25) is 0 Å². The fourth-order valence-electron chi connectivity index (χ4n) is 7.97. The van der Waals surface area contributed by atoms with Crippen LogP contribution in [0.1, 0.15) is 65.2 Å². The van der Waals surface area contributed by atoms with Gasteiger partial charge in [0.15, 0.2) is 0 Å². The Labute approximate surface area is 180 Å².